The number of carboxylic acid groups (broad SMARTS) is 1. The summed E-state index contributed by atoms with van der Waals surface area (Å²) in [5.74, 6) is 0.658. The van der Waals surface area contributed by atoms with Crippen LogP contribution in [0, 0.1) is 11.8 Å². The molecule has 18 heavy (non-hydrogen) atoms. The monoisotopic (exact) mass is 270 g/mol. The van der Waals surface area contributed by atoms with E-state index < -0.39 is 5.97 Å². The Labute approximate surface area is 110 Å². The second-order valence-corrected chi connectivity index (χ2v) is 5.82. The van der Waals surface area contributed by atoms with Gasteiger partial charge in [0, 0.05) is 6.04 Å². The first-order valence-electron chi connectivity index (χ1n) is 6.05. The van der Waals surface area contributed by atoms with Crippen molar-refractivity contribution in [2.75, 3.05) is 11.5 Å². The Morgan fingerprint density at radius 3 is 2.78 bits per heavy atom. The maximum absolute atomic E-state index is 10.6. The largest absolute Gasteiger partial charge is 0.481 e. The van der Waals surface area contributed by atoms with E-state index in [1.165, 1.54) is 11.8 Å². The number of thioether (sulfide) groups is 1. The number of anilines is 1. The number of hydrogen-bond acceptors (Lipinski definition) is 5. The van der Waals surface area contributed by atoms with Gasteiger partial charge in [-0.2, -0.15) is 0 Å². The molecule has 0 radical (unpaired) electrons. The van der Waals surface area contributed by atoms with Gasteiger partial charge < -0.3 is 10.8 Å². The smallest absolute Gasteiger partial charge is 0.313 e. The van der Waals surface area contributed by atoms with E-state index in [4.69, 9.17) is 10.8 Å². The highest BCUT2D eigenvalue weighted by molar-refractivity contribution is 7.99. The average molecular weight is 270 g/mol. The molecule has 3 unspecified atom stereocenters. The van der Waals surface area contributed by atoms with E-state index in [-0.39, 0.29) is 11.8 Å². The third-order valence-electron chi connectivity index (χ3n) is 3.77. The van der Waals surface area contributed by atoms with Crippen molar-refractivity contribution in [2.45, 2.75) is 37.9 Å². The first kappa shape index (κ1) is 13.2. The lowest BCUT2D eigenvalue weighted by Crippen LogP contribution is -2.17. The fourth-order valence-electron chi connectivity index (χ4n) is 2.53. The summed E-state index contributed by atoms with van der Waals surface area (Å²) in [6.07, 6.45) is 2.21. The molecule has 7 heteroatoms. The highest BCUT2D eigenvalue weighted by Gasteiger charge is 2.33. The quantitative estimate of drug-likeness (QED) is 0.808. The summed E-state index contributed by atoms with van der Waals surface area (Å²) in [6, 6.07) is 0.284. The van der Waals surface area contributed by atoms with Crippen LogP contribution in [0.2, 0.25) is 0 Å². The van der Waals surface area contributed by atoms with Gasteiger partial charge in [-0.3, -0.25) is 9.36 Å². The number of aliphatic carboxylic acids is 1. The van der Waals surface area contributed by atoms with Gasteiger partial charge in [0.25, 0.3) is 0 Å². The summed E-state index contributed by atoms with van der Waals surface area (Å²) in [5.41, 5.74) is 5.86. The number of carbonyl (C=O) groups is 1. The molecule has 0 aliphatic heterocycles. The van der Waals surface area contributed by atoms with E-state index in [0.717, 1.165) is 12.8 Å². The van der Waals surface area contributed by atoms with Gasteiger partial charge >= 0.3 is 5.97 Å². The van der Waals surface area contributed by atoms with Gasteiger partial charge in [0.15, 0.2) is 5.16 Å². The predicted molar refractivity (Wildman–Crippen MR) is 69.4 cm³/mol. The Morgan fingerprint density at radius 1 is 1.50 bits per heavy atom. The second kappa shape index (κ2) is 5.17. The number of nitrogen functional groups attached to an aromatic ring is 1. The van der Waals surface area contributed by atoms with Crippen LogP contribution in [0.5, 0.6) is 0 Å². The molecule has 0 saturated heterocycles. The van der Waals surface area contributed by atoms with Crippen LogP contribution in [-0.2, 0) is 4.79 Å². The molecule has 1 aliphatic carbocycles. The standard InChI is InChI=1S/C11H18N4O2S/c1-6-3-4-8(7(6)2)15-10(12)13-14-11(15)18-5-9(16)17/h6-8H,3-5H2,1-2H3,(H2,12,13)(H,16,17). The van der Waals surface area contributed by atoms with Crippen molar-refractivity contribution in [3.05, 3.63) is 0 Å². The van der Waals surface area contributed by atoms with Crippen LogP contribution in [0.3, 0.4) is 0 Å². The Kier molecular flexibility index (Phi) is 3.79. The Hall–Kier alpha value is -1.24. The van der Waals surface area contributed by atoms with E-state index in [1.54, 1.807) is 0 Å². The minimum absolute atomic E-state index is 0.0191. The molecule has 0 amide bonds. The molecule has 0 bridgehead atoms. The van der Waals surface area contributed by atoms with Crippen LogP contribution < -0.4 is 5.73 Å². The molecule has 1 fully saturated rings. The topological polar surface area (TPSA) is 94.0 Å². The first-order valence-corrected chi connectivity index (χ1v) is 7.04. The summed E-state index contributed by atoms with van der Waals surface area (Å²) in [4.78, 5) is 10.6. The fourth-order valence-corrected chi connectivity index (χ4v) is 3.25. The normalized spacial score (nSPS) is 27.6. The third kappa shape index (κ3) is 2.45. The van der Waals surface area contributed by atoms with Crippen molar-refractivity contribution in [1.82, 2.24) is 14.8 Å². The number of rotatable bonds is 4. The van der Waals surface area contributed by atoms with Crippen LogP contribution in [0.1, 0.15) is 32.7 Å². The van der Waals surface area contributed by atoms with Gasteiger partial charge in [0.05, 0.1) is 5.75 Å². The van der Waals surface area contributed by atoms with Gasteiger partial charge in [-0.05, 0) is 24.7 Å². The minimum atomic E-state index is -0.860. The lowest BCUT2D eigenvalue weighted by atomic mass is 9.98. The lowest BCUT2D eigenvalue weighted by molar-refractivity contribution is -0.133. The van der Waals surface area contributed by atoms with E-state index in [9.17, 15) is 4.79 Å². The number of hydrogen-bond donors (Lipinski definition) is 2. The van der Waals surface area contributed by atoms with Crippen LogP contribution in [-0.4, -0.2) is 31.6 Å². The molecule has 100 valence electrons. The van der Waals surface area contributed by atoms with Gasteiger partial charge in [0.2, 0.25) is 5.95 Å². The number of aromatic nitrogens is 3. The van der Waals surface area contributed by atoms with E-state index in [2.05, 4.69) is 24.0 Å². The molecule has 3 atom stereocenters. The van der Waals surface area contributed by atoms with E-state index >= 15 is 0 Å². The maximum atomic E-state index is 10.6. The highest BCUT2D eigenvalue weighted by Crippen LogP contribution is 2.42. The van der Waals surface area contributed by atoms with Crippen molar-refractivity contribution in [1.29, 1.82) is 0 Å². The predicted octanol–water partition coefficient (Wildman–Crippen LogP) is 1.64. The third-order valence-corrected chi connectivity index (χ3v) is 4.70. The molecule has 1 aliphatic rings. The van der Waals surface area contributed by atoms with Gasteiger partial charge in [-0.1, -0.05) is 25.6 Å². The van der Waals surface area contributed by atoms with Crippen molar-refractivity contribution in [3.8, 4) is 0 Å². The molecule has 1 heterocycles. The van der Waals surface area contributed by atoms with Gasteiger partial charge in [0.1, 0.15) is 0 Å². The number of nitrogens with two attached hydrogens (primary N) is 1. The molecule has 6 nitrogen and oxygen atoms in total. The van der Waals surface area contributed by atoms with Gasteiger partial charge in [-0.15, -0.1) is 10.2 Å². The van der Waals surface area contributed by atoms with Crippen molar-refractivity contribution in [2.24, 2.45) is 11.8 Å². The summed E-state index contributed by atoms with van der Waals surface area (Å²) in [7, 11) is 0. The SMILES string of the molecule is CC1CCC(n2c(N)nnc2SCC(=O)O)C1C. The number of nitrogens with zero attached hydrogens (tertiary/aromatic N) is 3. The zero-order valence-electron chi connectivity index (χ0n) is 10.5. The van der Waals surface area contributed by atoms with Crippen molar-refractivity contribution < 1.29 is 9.90 Å². The second-order valence-electron chi connectivity index (χ2n) is 4.87. The van der Waals surface area contributed by atoms with Crippen molar-refractivity contribution in [3.63, 3.8) is 0 Å². The fraction of sp³-hybridized carbons (Fsp3) is 0.727. The maximum Gasteiger partial charge on any atom is 0.313 e. The number of carboxylic acids is 1. The summed E-state index contributed by atoms with van der Waals surface area (Å²) < 4.78 is 1.90. The van der Waals surface area contributed by atoms with Crippen LogP contribution in [0.25, 0.3) is 0 Å². The zero-order chi connectivity index (χ0) is 13.3. The zero-order valence-corrected chi connectivity index (χ0v) is 11.4. The van der Waals surface area contributed by atoms with Crippen LogP contribution >= 0.6 is 11.8 Å². The molecule has 0 spiro atoms. The summed E-state index contributed by atoms with van der Waals surface area (Å²) >= 11 is 1.18. The molecular weight excluding hydrogens is 252 g/mol. The molecule has 3 N–H and O–H groups in total. The van der Waals surface area contributed by atoms with Crippen molar-refractivity contribution >= 4 is 23.7 Å². The lowest BCUT2D eigenvalue weighted by Gasteiger charge is -2.21. The molecule has 1 aromatic rings. The summed E-state index contributed by atoms with van der Waals surface area (Å²) in [5, 5.41) is 17.2. The highest BCUT2D eigenvalue weighted by atomic mass is 32.2. The molecule has 0 aromatic carbocycles. The van der Waals surface area contributed by atoms with Crippen LogP contribution in [0.4, 0.5) is 5.95 Å². The molecule has 1 aromatic heterocycles. The Bertz CT molecular complexity index is 448. The molecule has 2 rings (SSSR count). The van der Waals surface area contributed by atoms with Gasteiger partial charge in [-0.25, -0.2) is 0 Å². The van der Waals surface area contributed by atoms with E-state index in [0.29, 0.717) is 22.9 Å². The first-order chi connectivity index (χ1) is 8.50. The molecule has 1 saturated carbocycles. The van der Waals surface area contributed by atoms with Crippen LogP contribution in [0.15, 0.2) is 5.16 Å². The Morgan fingerprint density at radius 2 is 2.22 bits per heavy atom. The minimum Gasteiger partial charge on any atom is -0.481 e. The van der Waals surface area contributed by atoms with E-state index in [1.807, 2.05) is 4.57 Å². The summed E-state index contributed by atoms with van der Waals surface area (Å²) in [6.45, 7) is 4.43. The average Bonchev–Trinajstić information content (AvgIpc) is 2.82. The molecular formula is C11H18N4O2S. The Balaban J connectivity index is 2.21.